The van der Waals surface area contributed by atoms with E-state index in [1.165, 1.54) is 0 Å². The predicted molar refractivity (Wildman–Crippen MR) is 149 cm³/mol. The Morgan fingerprint density at radius 1 is 1.00 bits per heavy atom. The quantitative estimate of drug-likeness (QED) is 0.300. The van der Waals surface area contributed by atoms with E-state index in [2.05, 4.69) is 27.9 Å². The first-order valence-corrected chi connectivity index (χ1v) is 13.2. The van der Waals surface area contributed by atoms with Crippen LogP contribution in [0.2, 0.25) is 10.0 Å². The van der Waals surface area contributed by atoms with Gasteiger partial charge in [0.1, 0.15) is 6.04 Å². The van der Waals surface area contributed by atoms with Crippen LogP contribution in [0.3, 0.4) is 0 Å². The second kappa shape index (κ2) is 11.6. The number of hydrogen-bond acceptors (Lipinski definition) is 3. The molecule has 6 nitrogen and oxygen atoms in total. The molecule has 0 spiro atoms. The second-order valence-electron chi connectivity index (χ2n) is 8.59. The van der Waals surface area contributed by atoms with Crippen molar-refractivity contribution in [3.05, 3.63) is 97.0 Å². The van der Waals surface area contributed by atoms with E-state index in [-0.39, 0.29) is 31.2 Å². The summed E-state index contributed by atoms with van der Waals surface area (Å²) in [5.74, 6) is -1.98. The Labute approximate surface area is 232 Å². The smallest absolute Gasteiger partial charge is 0.303 e. The van der Waals surface area contributed by atoms with E-state index >= 15 is 0 Å². The summed E-state index contributed by atoms with van der Waals surface area (Å²) in [7, 11) is 0. The highest BCUT2D eigenvalue weighted by Gasteiger charge is 2.39. The van der Waals surface area contributed by atoms with Gasteiger partial charge in [-0.3, -0.25) is 14.4 Å². The number of carbonyl (C=O) groups is 3. The van der Waals surface area contributed by atoms with E-state index in [0.29, 0.717) is 27.7 Å². The minimum atomic E-state index is -0.937. The molecule has 2 N–H and O–H groups in total. The van der Waals surface area contributed by atoms with Crippen LogP contribution < -0.4 is 10.2 Å². The molecule has 0 radical (unpaired) electrons. The van der Waals surface area contributed by atoms with Crippen molar-refractivity contribution >= 4 is 69.3 Å². The molecule has 3 aromatic carbocycles. The first-order valence-electron chi connectivity index (χ1n) is 11.4. The Morgan fingerprint density at radius 3 is 2.28 bits per heavy atom. The molecule has 1 aliphatic rings. The van der Waals surface area contributed by atoms with E-state index in [4.69, 9.17) is 28.3 Å². The highest BCUT2D eigenvalue weighted by Crippen LogP contribution is 2.33. The number of halogens is 3. The Hall–Kier alpha value is -2.62. The molecule has 186 valence electrons. The van der Waals surface area contributed by atoms with Crippen molar-refractivity contribution < 1.29 is 19.5 Å². The molecule has 1 heterocycles. The molecule has 0 fully saturated rings. The van der Waals surface area contributed by atoms with Crippen molar-refractivity contribution in [1.82, 2.24) is 5.32 Å². The summed E-state index contributed by atoms with van der Waals surface area (Å²) in [5.41, 5.74) is 2.66. The first kappa shape index (κ1) is 26.4. The number of carboxylic acid groups (broad SMARTS) is 1. The van der Waals surface area contributed by atoms with Crippen LogP contribution in [0.1, 0.15) is 40.2 Å². The van der Waals surface area contributed by atoms with E-state index in [1.54, 1.807) is 41.3 Å². The maximum atomic E-state index is 14.1. The molecule has 3 aromatic rings. The van der Waals surface area contributed by atoms with Gasteiger partial charge in [0.15, 0.2) is 0 Å². The molecule has 0 aromatic heterocycles. The summed E-state index contributed by atoms with van der Waals surface area (Å²) >= 11 is 14.3. The van der Waals surface area contributed by atoms with Gasteiger partial charge >= 0.3 is 5.97 Å². The maximum absolute atomic E-state index is 14.1. The molecule has 36 heavy (non-hydrogen) atoms. The Balaban J connectivity index is 1.77. The number of nitrogens with zero attached hydrogens (tertiary/aromatic N) is 1. The number of benzene rings is 3. The summed E-state index contributed by atoms with van der Waals surface area (Å²) in [6.45, 7) is 0.179. The van der Waals surface area contributed by atoms with Crippen molar-refractivity contribution in [2.75, 3.05) is 11.4 Å². The highest BCUT2D eigenvalue weighted by atomic mass is 127. The lowest BCUT2D eigenvalue weighted by molar-refractivity contribution is -0.137. The third kappa shape index (κ3) is 6.19. The summed E-state index contributed by atoms with van der Waals surface area (Å²) < 4.78 is 0.855. The predicted octanol–water partition coefficient (Wildman–Crippen LogP) is 5.93. The van der Waals surface area contributed by atoms with Crippen molar-refractivity contribution in [3.63, 3.8) is 0 Å². The molecule has 0 unspecified atom stereocenters. The lowest BCUT2D eigenvalue weighted by atomic mass is 9.85. The van der Waals surface area contributed by atoms with Crippen LogP contribution in [-0.4, -0.2) is 35.5 Å². The van der Waals surface area contributed by atoms with Gasteiger partial charge in [-0.15, -0.1) is 0 Å². The SMILES string of the molecule is O=C(O)CCCN1C(=O)[C@H]([C@H](Cc2ccc(Cl)cc2)c2ccc(Cl)cc2)NC(=O)c2cc(I)ccc21. The topological polar surface area (TPSA) is 86.7 Å². The van der Waals surface area contributed by atoms with Crippen molar-refractivity contribution in [2.24, 2.45) is 0 Å². The van der Waals surface area contributed by atoms with Crippen molar-refractivity contribution in [2.45, 2.75) is 31.2 Å². The lowest BCUT2D eigenvalue weighted by Crippen LogP contribution is -2.50. The van der Waals surface area contributed by atoms with Gasteiger partial charge in [0.05, 0.1) is 11.3 Å². The number of carboxylic acids is 1. The average Bonchev–Trinajstić information content (AvgIpc) is 2.94. The van der Waals surface area contributed by atoms with Crippen LogP contribution in [0.5, 0.6) is 0 Å². The van der Waals surface area contributed by atoms with E-state index < -0.39 is 17.9 Å². The van der Waals surface area contributed by atoms with Crippen LogP contribution in [0, 0.1) is 3.57 Å². The van der Waals surface area contributed by atoms with Crippen LogP contribution in [0.15, 0.2) is 66.7 Å². The first-order chi connectivity index (χ1) is 17.2. The van der Waals surface area contributed by atoms with Gasteiger partial charge in [0, 0.05) is 32.5 Å². The van der Waals surface area contributed by atoms with Crippen LogP contribution in [0.4, 0.5) is 5.69 Å². The van der Waals surface area contributed by atoms with Gasteiger partial charge < -0.3 is 15.3 Å². The van der Waals surface area contributed by atoms with E-state index in [1.807, 2.05) is 30.3 Å². The lowest BCUT2D eigenvalue weighted by Gasteiger charge is -2.30. The highest BCUT2D eigenvalue weighted by molar-refractivity contribution is 14.1. The minimum Gasteiger partial charge on any atom is -0.481 e. The zero-order valence-electron chi connectivity index (χ0n) is 19.1. The fourth-order valence-electron chi connectivity index (χ4n) is 4.40. The number of hydrogen-bond donors (Lipinski definition) is 2. The average molecular weight is 637 g/mol. The zero-order valence-corrected chi connectivity index (χ0v) is 22.8. The molecule has 9 heteroatoms. The molecule has 2 amide bonds. The Morgan fingerprint density at radius 2 is 1.64 bits per heavy atom. The summed E-state index contributed by atoms with van der Waals surface area (Å²) in [5, 5.41) is 13.3. The molecule has 0 aliphatic carbocycles. The van der Waals surface area contributed by atoms with Crippen LogP contribution in [-0.2, 0) is 16.0 Å². The number of carbonyl (C=O) groups excluding carboxylic acids is 2. The van der Waals surface area contributed by atoms with Gasteiger partial charge in [-0.25, -0.2) is 0 Å². The number of rotatable bonds is 8. The Kier molecular flexibility index (Phi) is 8.54. The summed E-state index contributed by atoms with van der Waals surface area (Å²) in [6, 6.07) is 19.0. The molecular weight excluding hydrogens is 614 g/mol. The molecular formula is C27H23Cl2IN2O4. The van der Waals surface area contributed by atoms with Crippen LogP contribution in [0.25, 0.3) is 0 Å². The molecule has 0 saturated carbocycles. The summed E-state index contributed by atoms with van der Waals surface area (Å²) in [4.78, 5) is 40.2. The largest absolute Gasteiger partial charge is 0.481 e. The van der Waals surface area contributed by atoms with E-state index in [0.717, 1.165) is 14.7 Å². The standard InChI is InChI=1S/C27H23Cl2IN2O4/c28-18-7-3-16(4-8-18)14-21(17-5-9-19(29)10-6-17)25-27(36)32(13-1-2-24(33)34)23-12-11-20(30)15-22(23)26(35)31-25/h3-12,15,21,25H,1-2,13-14H2,(H,31,35)(H,33,34)/t21-,25+/m1/s1. The monoisotopic (exact) mass is 636 g/mol. The van der Waals surface area contributed by atoms with Crippen LogP contribution >= 0.6 is 45.8 Å². The van der Waals surface area contributed by atoms with Crippen molar-refractivity contribution in [1.29, 1.82) is 0 Å². The molecule has 0 saturated heterocycles. The van der Waals surface area contributed by atoms with Gasteiger partial charge in [-0.2, -0.15) is 0 Å². The van der Waals surface area contributed by atoms with Gasteiger partial charge in [0.2, 0.25) is 5.91 Å². The van der Waals surface area contributed by atoms with Crippen molar-refractivity contribution in [3.8, 4) is 0 Å². The number of anilines is 1. The molecule has 2 atom stereocenters. The third-order valence-electron chi connectivity index (χ3n) is 6.15. The van der Waals surface area contributed by atoms with Gasteiger partial charge in [-0.05, 0) is 89.0 Å². The third-order valence-corrected chi connectivity index (χ3v) is 7.33. The maximum Gasteiger partial charge on any atom is 0.303 e. The second-order valence-corrected chi connectivity index (χ2v) is 10.7. The minimum absolute atomic E-state index is 0.0824. The molecule has 0 bridgehead atoms. The molecule has 1 aliphatic heterocycles. The normalized spacial score (nSPS) is 16.2. The number of aliphatic carboxylic acids is 1. The Bertz CT molecular complexity index is 1280. The van der Waals surface area contributed by atoms with Gasteiger partial charge in [0.25, 0.3) is 5.91 Å². The van der Waals surface area contributed by atoms with E-state index in [9.17, 15) is 14.4 Å². The zero-order chi connectivity index (χ0) is 25.8. The number of fused-ring (bicyclic) bond motifs is 1. The number of nitrogens with one attached hydrogen (secondary N) is 1. The number of amides is 2. The fourth-order valence-corrected chi connectivity index (χ4v) is 5.14. The fraction of sp³-hybridized carbons (Fsp3) is 0.222. The summed E-state index contributed by atoms with van der Waals surface area (Å²) in [6.07, 6.45) is 0.642. The molecule has 4 rings (SSSR count). The van der Waals surface area contributed by atoms with Gasteiger partial charge in [-0.1, -0.05) is 47.5 Å².